The van der Waals surface area contributed by atoms with E-state index in [1.54, 1.807) is 24.4 Å². The third-order valence-corrected chi connectivity index (χ3v) is 2.96. The van der Waals surface area contributed by atoms with Crippen LogP contribution >= 0.6 is 0 Å². The van der Waals surface area contributed by atoms with Gasteiger partial charge in [0.15, 0.2) is 0 Å². The zero-order chi connectivity index (χ0) is 13.8. The van der Waals surface area contributed by atoms with Crippen molar-refractivity contribution in [2.75, 3.05) is 5.73 Å². The maximum Gasteiger partial charge on any atom is 0.338 e. The lowest BCUT2D eigenvalue weighted by Crippen LogP contribution is -2.07. The van der Waals surface area contributed by atoms with E-state index in [-0.39, 0.29) is 12.6 Å². The van der Waals surface area contributed by atoms with Gasteiger partial charge < -0.3 is 10.5 Å². The predicted molar refractivity (Wildman–Crippen MR) is 73.7 cm³/mol. The van der Waals surface area contributed by atoms with E-state index in [1.807, 2.05) is 26.0 Å². The fraction of sp³-hybridized carbons (Fsp3) is 0.200. The molecule has 98 valence electrons. The van der Waals surface area contributed by atoms with Gasteiger partial charge in [0.1, 0.15) is 6.61 Å². The van der Waals surface area contributed by atoms with Gasteiger partial charge in [-0.05, 0) is 49.2 Å². The number of carbonyl (C=O) groups excluding carboxylic acids is 1. The van der Waals surface area contributed by atoms with Crippen molar-refractivity contribution in [2.45, 2.75) is 20.5 Å². The second-order valence-corrected chi connectivity index (χ2v) is 4.41. The minimum atomic E-state index is -0.367. The minimum absolute atomic E-state index is 0.176. The van der Waals surface area contributed by atoms with Crippen LogP contribution in [0.25, 0.3) is 0 Å². The van der Waals surface area contributed by atoms with Crippen LogP contribution < -0.4 is 5.73 Å². The van der Waals surface area contributed by atoms with Crippen LogP contribution in [0, 0.1) is 13.8 Å². The molecule has 0 atom stereocenters. The highest BCUT2D eigenvalue weighted by Crippen LogP contribution is 2.14. The van der Waals surface area contributed by atoms with Crippen LogP contribution in [0.15, 0.2) is 36.5 Å². The molecule has 2 N–H and O–H groups in total. The monoisotopic (exact) mass is 256 g/mol. The molecular weight excluding hydrogens is 240 g/mol. The standard InChI is InChI=1S/C15H16N2O2/c1-10-4-3-7-17-14(10)9-19-15(18)12-5-6-13(16)11(2)8-12/h3-8H,9,16H2,1-2H3. The third kappa shape index (κ3) is 3.10. The van der Waals surface area contributed by atoms with Gasteiger partial charge >= 0.3 is 5.97 Å². The SMILES string of the molecule is Cc1cc(C(=O)OCc2ncccc2C)ccc1N. The number of ether oxygens (including phenoxy) is 1. The summed E-state index contributed by atoms with van der Waals surface area (Å²) >= 11 is 0. The van der Waals surface area contributed by atoms with Gasteiger partial charge in [-0.1, -0.05) is 6.07 Å². The molecule has 1 aromatic heterocycles. The van der Waals surface area contributed by atoms with Gasteiger partial charge in [-0.25, -0.2) is 4.79 Å². The van der Waals surface area contributed by atoms with E-state index in [1.165, 1.54) is 0 Å². The van der Waals surface area contributed by atoms with Gasteiger partial charge in [0.05, 0.1) is 11.3 Å². The second kappa shape index (κ2) is 5.52. The van der Waals surface area contributed by atoms with Crippen molar-refractivity contribution in [3.05, 3.63) is 58.9 Å². The van der Waals surface area contributed by atoms with Crippen LogP contribution in [0.1, 0.15) is 27.2 Å². The fourth-order valence-corrected chi connectivity index (χ4v) is 1.69. The molecule has 1 aromatic carbocycles. The number of hydrogen-bond acceptors (Lipinski definition) is 4. The summed E-state index contributed by atoms with van der Waals surface area (Å²) in [5.74, 6) is -0.367. The first-order chi connectivity index (χ1) is 9.08. The zero-order valence-corrected chi connectivity index (χ0v) is 11.0. The number of hydrogen-bond donors (Lipinski definition) is 1. The number of anilines is 1. The molecule has 1 heterocycles. The number of aromatic nitrogens is 1. The smallest absolute Gasteiger partial charge is 0.338 e. The van der Waals surface area contributed by atoms with Crippen molar-refractivity contribution in [2.24, 2.45) is 0 Å². The first kappa shape index (κ1) is 13.1. The summed E-state index contributed by atoms with van der Waals surface area (Å²) in [7, 11) is 0. The maximum atomic E-state index is 11.9. The molecule has 0 radical (unpaired) electrons. The van der Waals surface area contributed by atoms with Crippen molar-refractivity contribution in [1.82, 2.24) is 4.98 Å². The first-order valence-corrected chi connectivity index (χ1v) is 6.01. The Morgan fingerprint density at radius 2 is 2.05 bits per heavy atom. The molecule has 0 saturated heterocycles. The Hall–Kier alpha value is -2.36. The molecule has 0 aliphatic heterocycles. The van der Waals surface area contributed by atoms with Gasteiger partial charge in [-0.3, -0.25) is 4.98 Å². The van der Waals surface area contributed by atoms with Gasteiger partial charge in [0.25, 0.3) is 0 Å². The van der Waals surface area contributed by atoms with E-state index < -0.39 is 0 Å². The Labute approximate surface area is 112 Å². The van der Waals surface area contributed by atoms with Gasteiger partial charge in [0, 0.05) is 11.9 Å². The van der Waals surface area contributed by atoms with E-state index >= 15 is 0 Å². The second-order valence-electron chi connectivity index (χ2n) is 4.41. The summed E-state index contributed by atoms with van der Waals surface area (Å²) in [6.07, 6.45) is 1.68. The average Bonchev–Trinajstić information content (AvgIpc) is 2.40. The number of pyridine rings is 1. The fourth-order valence-electron chi connectivity index (χ4n) is 1.69. The lowest BCUT2D eigenvalue weighted by atomic mass is 10.1. The van der Waals surface area contributed by atoms with E-state index in [4.69, 9.17) is 10.5 Å². The Bertz CT molecular complexity index is 609. The zero-order valence-electron chi connectivity index (χ0n) is 11.0. The van der Waals surface area contributed by atoms with Crippen molar-refractivity contribution < 1.29 is 9.53 Å². The number of rotatable bonds is 3. The normalized spacial score (nSPS) is 10.2. The third-order valence-electron chi connectivity index (χ3n) is 2.96. The molecule has 0 aliphatic carbocycles. The Kier molecular flexibility index (Phi) is 3.80. The number of esters is 1. The number of nitrogens with two attached hydrogens (primary N) is 1. The highest BCUT2D eigenvalue weighted by Gasteiger charge is 2.09. The number of benzene rings is 1. The minimum Gasteiger partial charge on any atom is -0.456 e. The van der Waals surface area contributed by atoms with Crippen LogP contribution in [0.4, 0.5) is 5.69 Å². The van der Waals surface area contributed by atoms with Crippen molar-refractivity contribution >= 4 is 11.7 Å². The lowest BCUT2D eigenvalue weighted by Gasteiger charge is -2.07. The molecule has 0 spiro atoms. The van der Waals surface area contributed by atoms with E-state index in [9.17, 15) is 4.79 Å². The number of nitrogens with zero attached hydrogens (tertiary/aromatic N) is 1. The molecule has 2 rings (SSSR count). The van der Waals surface area contributed by atoms with Crippen molar-refractivity contribution in [3.8, 4) is 0 Å². The van der Waals surface area contributed by atoms with E-state index in [2.05, 4.69) is 4.98 Å². The van der Waals surface area contributed by atoms with Crippen molar-refractivity contribution in [3.63, 3.8) is 0 Å². The molecule has 19 heavy (non-hydrogen) atoms. The van der Waals surface area contributed by atoms with Gasteiger partial charge in [-0.2, -0.15) is 0 Å². The lowest BCUT2D eigenvalue weighted by molar-refractivity contribution is 0.0467. The predicted octanol–water partition coefficient (Wildman–Crippen LogP) is 2.64. The maximum absolute atomic E-state index is 11.9. The molecule has 4 nitrogen and oxygen atoms in total. The molecule has 0 amide bonds. The molecule has 2 aromatic rings. The molecular formula is C15H16N2O2. The molecule has 0 saturated carbocycles. The number of nitrogen functional groups attached to an aromatic ring is 1. The van der Waals surface area contributed by atoms with E-state index in [0.717, 1.165) is 16.8 Å². The number of carbonyl (C=O) groups is 1. The largest absolute Gasteiger partial charge is 0.456 e. The summed E-state index contributed by atoms with van der Waals surface area (Å²) in [5, 5.41) is 0. The van der Waals surface area contributed by atoms with Crippen LogP contribution in [-0.2, 0) is 11.3 Å². The molecule has 0 fully saturated rings. The highest BCUT2D eigenvalue weighted by atomic mass is 16.5. The summed E-state index contributed by atoms with van der Waals surface area (Å²) in [5.41, 5.74) is 9.51. The van der Waals surface area contributed by atoms with Gasteiger partial charge in [0.2, 0.25) is 0 Å². The first-order valence-electron chi connectivity index (χ1n) is 6.01. The summed E-state index contributed by atoms with van der Waals surface area (Å²) in [6.45, 7) is 3.97. The van der Waals surface area contributed by atoms with Crippen LogP contribution in [0.2, 0.25) is 0 Å². The summed E-state index contributed by atoms with van der Waals surface area (Å²) < 4.78 is 5.25. The molecule has 0 aliphatic rings. The highest BCUT2D eigenvalue weighted by molar-refractivity contribution is 5.90. The van der Waals surface area contributed by atoms with E-state index in [0.29, 0.717) is 11.3 Å². The topological polar surface area (TPSA) is 65.2 Å². The molecule has 0 unspecified atom stereocenters. The number of aryl methyl sites for hydroxylation is 2. The Balaban J connectivity index is 2.05. The van der Waals surface area contributed by atoms with Crippen molar-refractivity contribution in [1.29, 1.82) is 0 Å². The van der Waals surface area contributed by atoms with Crippen LogP contribution in [0.3, 0.4) is 0 Å². The van der Waals surface area contributed by atoms with Gasteiger partial charge in [-0.15, -0.1) is 0 Å². The Morgan fingerprint density at radius 3 is 2.74 bits per heavy atom. The summed E-state index contributed by atoms with van der Waals surface area (Å²) in [4.78, 5) is 16.1. The average molecular weight is 256 g/mol. The van der Waals surface area contributed by atoms with Crippen LogP contribution in [0.5, 0.6) is 0 Å². The molecule has 4 heteroatoms. The van der Waals surface area contributed by atoms with Crippen LogP contribution in [-0.4, -0.2) is 11.0 Å². The Morgan fingerprint density at radius 1 is 1.26 bits per heavy atom. The summed E-state index contributed by atoms with van der Waals surface area (Å²) in [6, 6.07) is 8.88. The molecule has 0 bridgehead atoms. The quantitative estimate of drug-likeness (QED) is 0.677.